The fourth-order valence-electron chi connectivity index (χ4n) is 4.82. The predicted molar refractivity (Wildman–Crippen MR) is 120 cm³/mol. The van der Waals surface area contributed by atoms with Gasteiger partial charge in [-0.05, 0) is 48.7 Å². The van der Waals surface area contributed by atoms with E-state index in [-0.39, 0.29) is 36.3 Å². The standard InChI is InChI=1S/C23H28ClN3O5/c1-12-9-16(29)14(11-15(12)24)20-19-21(26-25-20)23(30)27(7-4-8-28)22(19)13-5-6-17(31-2)18(10-13)32-3/h5-6,9-11,19-22,25-26,28-29H,4,7-8H2,1-3H3. The van der Waals surface area contributed by atoms with Crippen LogP contribution in [0.4, 0.5) is 0 Å². The minimum Gasteiger partial charge on any atom is -0.508 e. The minimum atomic E-state index is -0.490. The minimum absolute atomic E-state index is 0.0127. The third-order valence-corrected chi connectivity index (χ3v) is 6.77. The molecule has 9 heteroatoms. The Bertz CT molecular complexity index is 1020. The van der Waals surface area contributed by atoms with Crippen molar-refractivity contribution in [3.63, 3.8) is 0 Å². The zero-order valence-electron chi connectivity index (χ0n) is 18.3. The number of aryl methyl sites for hydroxylation is 1. The fraction of sp³-hybridized carbons (Fsp3) is 0.435. The summed E-state index contributed by atoms with van der Waals surface area (Å²) < 4.78 is 10.9. The zero-order valence-corrected chi connectivity index (χ0v) is 19.0. The molecule has 4 unspecified atom stereocenters. The van der Waals surface area contributed by atoms with E-state index in [2.05, 4.69) is 10.9 Å². The lowest BCUT2D eigenvalue weighted by Gasteiger charge is -2.32. The Balaban J connectivity index is 1.80. The number of fused-ring (bicyclic) bond motifs is 1. The Kier molecular flexibility index (Phi) is 6.48. The molecule has 1 amide bonds. The number of nitrogens with zero attached hydrogens (tertiary/aromatic N) is 1. The molecule has 0 aromatic heterocycles. The van der Waals surface area contributed by atoms with Crippen LogP contribution in [0.25, 0.3) is 0 Å². The molecule has 172 valence electrons. The van der Waals surface area contributed by atoms with Gasteiger partial charge >= 0.3 is 0 Å². The molecule has 0 aliphatic carbocycles. The first-order valence-corrected chi connectivity index (χ1v) is 10.9. The van der Waals surface area contributed by atoms with Crippen LogP contribution in [0.15, 0.2) is 30.3 Å². The van der Waals surface area contributed by atoms with Crippen LogP contribution in [-0.2, 0) is 4.79 Å². The molecule has 2 aliphatic heterocycles. The average Bonchev–Trinajstić information content (AvgIpc) is 3.33. The van der Waals surface area contributed by atoms with Gasteiger partial charge in [0.1, 0.15) is 11.8 Å². The molecule has 2 aromatic carbocycles. The second-order valence-corrected chi connectivity index (χ2v) is 8.56. The molecule has 32 heavy (non-hydrogen) atoms. The number of aliphatic hydroxyl groups is 1. The van der Waals surface area contributed by atoms with E-state index in [9.17, 15) is 15.0 Å². The molecular weight excluding hydrogens is 434 g/mol. The molecular formula is C23H28ClN3O5. The average molecular weight is 462 g/mol. The molecule has 8 nitrogen and oxygen atoms in total. The van der Waals surface area contributed by atoms with E-state index < -0.39 is 6.04 Å². The highest BCUT2D eigenvalue weighted by Gasteiger charge is 2.55. The monoisotopic (exact) mass is 461 g/mol. The van der Waals surface area contributed by atoms with Gasteiger partial charge in [-0.1, -0.05) is 17.7 Å². The van der Waals surface area contributed by atoms with Crippen LogP contribution in [0.2, 0.25) is 5.02 Å². The second-order valence-electron chi connectivity index (χ2n) is 8.15. The first kappa shape index (κ1) is 22.7. The molecule has 2 aliphatic rings. The summed E-state index contributed by atoms with van der Waals surface area (Å²) in [5, 5.41) is 20.6. The van der Waals surface area contributed by atoms with Crippen molar-refractivity contribution in [2.75, 3.05) is 27.4 Å². The van der Waals surface area contributed by atoms with Crippen molar-refractivity contribution in [1.29, 1.82) is 0 Å². The summed E-state index contributed by atoms with van der Waals surface area (Å²) in [6.07, 6.45) is 0.467. The molecule has 2 aromatic rings. The largest absolute Gasteiger partial charge is 0.508 e. The maximum Gasteiger partial charge on any atom is 0.242 e. The van der Waals surface area contributed by atoms with Gasteiger partial charge in [0.2, 0.25) is 5.91 Å². The number of hydrazine groups is 1. The molecule has 0 radical (unpaired) electrons. The number of hydrogen-bond donors (Lipinski definition) is 4. The third-order valence-electron chi connectivity index (χ3n) is 6.36. The summed E-state index contributed by atoms with van der Waals surface area (Å²) in [4.78, 5) is 15.1. The lowest BCUT2D eigenvalue weighted by atomic mass is 9.83. The van der Waals surface area contributed by atoms with Crippen molar-refractivity contribution >= 4 is 17.5 Å². The van der Waals surface area contributed by atoms with Crippen molar-refractivity contribution < 1.29 is 24.5 Å². The van der Waals surface area contributed by atoms with E-state index in [4.69, 9.17) is 21.1 Å². The van der Waals surface area contributed by atoms with E-state index >= 15 is 0 Å². The number of amides is 1. The lowest BCUT2D eigenvalue weighted by molar-refractivity contribution is -0.130. The highest BCUT2D eigenvalue weighted by atomic mass is 35.5. The van der Waals surface area contributed by atoms with Gasteiger partial charge in [-0.25, -0.2) is 10.9 Å². The molecule has 4 rings (SSSR count). The summed E-state index contributed by atoms with van der Waals surface area (Å²) in [7, 11) is 3.15. The number of carbonyl (C=O) groups excluding carboxylic acids is 1. The Morgan fingerprint density at radius 1 is 1.09 bits per heavy atom. The van der Waals surface area contributed by atoms with E-state index in [1.165, 1.54) is 0 Å². The summed E-state index contributed by atoms with van der Waals surface area (Å²) >= 11 is 6.36. The molecule has 2 fully saturated rings. The van der Waals surface area contributed by atoms with Crippen LogP contribution < -0.4 is 20.3 Å². The van der Waals surface area contributed by atoms with Crippen molar-refractivity contribution in [3.05, 3.63) is 52.0 Å². The van der Waals surface area contributed by atoms with Gasteiger partial charge < -0.3 is 24.6 Å². The SMILES string of the molecule is COc1ccc(C2C3C(NNC3c3cc(Cl)c(C)cc3O)C(=O)N2CCCO)cc1OC. The number of aromatic hydroxyl groups is 1. The van der Waals surface area contributed by atoms with Crippen LogP contribution in [0.1, 0.15) is 35.2 Å². The van der Waals surface area contributed by atoms with Gasteiger partial charge in [-0.15, -0.1) is 0 Å². The number of rotatable bonds is 7. The Labute approximate surface area is 192 Å². The Hall–Kier alpha value is -2.52. The number of aliphatic hydroxyl groups excluding tert-OH is 1. The molecule has 4 atom stereocenters. The van der Waals surface area contributed by atoms with Crippen LogP contribution in [0, 0.1) is 12.8 Å². The number of likely N-dealkylation sites (tertiary alicyclic amines) is 1. The smallest absolute Gasteiger partial charge is 0.242 e. The number of ether oxygens (including phenoxy) is 2. The van der Waals surface area contributed by atoms with Crippen molar-refractivity contribution in [1.82, 2.24) is 15.8 Å². The van der Waals surface area contributed by atoms with Crippen LogP contribution in [0.5, 0.6) is 17.2 Å². The number of phenolic OH excluding ortho intramolecular Hbond substituents is 1. The topological polar surface area (TPSA) is 103 Å². The number of halogens is 1. The van der Waals surface area contributed by atoms with Gasteiger partial charge in [0.05, 0.1) is 26.3 Å². The molecule has 0 spiro atoms. The lowest BCUT2D eigenvalue weighted by Crippen LogP contribution is -2.41. The quantitative estimate of drug-likeness (QED) is 0.502. The normalized spacial score (nSPS) is 24.7. The number of benzene rings is 2. The summed E-state index contributed by atoms with van der Waals surface area (Å²) in [5.74, 6) is 1.000. The van der Waals surface area contributed by atoms with Crippen molar-refractivity contribution in [2.24, 2.45) is 5.92 Å². The summed E-state index contributed by atoms with van der Waals surface area (Å²) in [6, 6.07) is 7.84. The molecule has 0 bridgehead atoms. The first-order valence-electron chi connectivity index (χ1n) is 10.5. The Morgan fingerprint density at radius 3 is 2.50 bits per heavy atom. The highest BCUT2D eigenvalue weighted by molar-refractivity contribution is 6.31. The fourth-order valence-corrected chi connectivity index (χ4v) is 5.00. The van der Waals surface area contributed by atoms with Crippen LogP contribution in [0.3, 0.4) is 0 Å². The van der Waals surface area contributed by atoms with E-state index in [1.807, 2.05) is 25.1 Å². The molecule has 2 saturated heterocycles. The number of methoxy groups -OCH3 is 2. The van der Waals surface area contributed by atoms with E-state index in [0.717, 1.165) is 11.1 Å². The maximum absolute atomic E-state index is 13.3. The van der Waals surface area contributed by atoms with Crippen LogP contribution in [-0.4, -0.2) is 54.4 Å². The Morgan fingerprint density at radius 2 is 1.81 bits per heavy atom. The number of hydrogen-bond acceptors (Lipinski definition) is 7. The van der Waals surface area contributed by atoms with E-state index in [0.29, 0.717) is 35.1 Å². The number of carbonyl (C=O) groups is 1. The molecule has 2 heterocycles. The second kappa shape index (κ2) is 9.15. The first-order chi connectivity index (χ1) is 15.4. The van der Waals surface area contributed by atoms with Gasteiger partial charge in [-0.2, -0.15) is 0 Å². The van der Waals surface area contributed by atoms with Crippen LogP contribution >= 0.6 is 11.6 Å². The number of phenols is 1. The van der Waals surface area contributed by atoms with Gasteiger partial charge in [0.25, 0.3) is 0 Å². The predicted octanol–water partition coefficient (Wildman–Crippen LogP) is 2.47. The number of nitrogens with one attached hydrogen (secondary N) is 2. The van der Waals surface area contributed by atoms with Crippen molar-refractivity contribution in [2.45, 2.75) is 31.5 Å². The highest BCUT2D eigenvalue weighted by Crippen LogP contribution is 2.50. The van der Waals surface area contributed by atoms with Gasteiger partial charge in [0.15, 0.2) is 11.5 Å². The molecule has 4 N–H and O–H groups in total. The summed E-state index contributed by atoms with van der Waals surface area (Å²) in [6.45, 7) is 2.23. The third kappa shape index (κ3) is 3.77. The van der Waals surface area contributed by atoms with Gasteiger partial charge in [0, 0.05) is 29.7 Å². The van der Waals surface area contributed by atoms with Crippen molar-refractivity contribution in [3.8, 4) is 17.2 Å². The zero-order chi connectivity index (χ0) is 23.0. The maximum atomic E-state index is 13.3. The molecule has 0 saturated carbocycles. The van der Waals surface area contributed by atoms with Gasteiger partial charge in [-0.3, -0.25) is 4.79 Å². The summed E-state index contributed by atoms with van der Waals surface area (Å²) in [5.41, 5.74) is 8.61. The van der Waals surface area contributed by atoms with E-state index in [1.54, 1.807) is 31.3 Å².